The number of hydrogen-bond donors (Lipinski definition) is 0. The zero-order chi connectivity index (χ0) is 16.1. The molecular weight excluding hydrogens is 305 g/mol. The second-order valence-corrected chi connectivity index (χ2v) is 6.10. The van der Waals surface area contributed by atoms with E-state index >= 15 is 0 Å². The number of nitrogens with zero attached hydrogens (tertiary/aromatic N) is 1. The van der Waals surface area contributed by atoms with Crippen LogP contribution in [0.2, 0.25) is 0 Å². The highest BCUT2D eigenvalue weighted by atomic mass is 32.1. The summed E-state index contributed by atoms with van der Waals surface area (Å²) in [6, 6.07) is 16.6. The highest BCUT2D eigenvalue weighted by Gasteiger charge is 2.02. The first-order valence-corrected chi connectivity index (χ1v) is 8.21. The van der Waals surface area contributed by atoms with Gasteiger partial charge in [-0.1, -0.05) is 48.1 Å². The van der Waals surface area contributed by atoms with Crippen LogP contribution >= 0.6 is 11.3 Å². The molecule has 0 saturated carbocycles. The van der Waals surface area contributed by atoms with Crippen LogP contribution in [0, 0.1) is 5.82 Å². The lowest BCUT2D eigenvalue weighted by atomic mass is 10.1. The quantitative estimate of drug-likeness (QED) is 0.532. The number of allylic oxidation sites excluding steroid dienone is 2. The highest BCUT2D eigenvalue weighted by molar-refractivity contribution is 7.10. The first-order valence-electron chi connectivity index (χ1n) is 7.33. The van der Waals surface area contributed by atoms with Gasteiger partial charge in [-0.2, -0.15) is 0 Å². The first-order chi connectivity index (χ1) is 11.2. The molecule has 3 aromatic rings. The predicted octanol–water partition coefficient (Wildman–Crippen LogP) is 6.07. The van der Waals surface area contributed by atoms with Crippen LogP contribution in [-0.2, 0) is 0 Å². The van der Waals surface area contributed by atoms with Gasteiger partial charge in [0.25, 0.3) is 0 Å². The maximum Gasteiger partial charge on any atom is 0.123 e. The molecule has 1 nitrogen and oxygen atoms in total. The Kier molecular flexibility index (Phi) is 4.79. The Morgan fingerprint density at radius 2 is 1.78 bits per heavy atom. The normalized spacial score (nSPS) is 12.0. The summed E-state index contributed by atoms with van der Waals surface area (Å²) in [7, 11) is 0. The van der Waals surface area contributed by atoms with E-state index in [9.17, 15) is 4.39 Å². The number of hydrogen-bond acceptors (Lipinski definition) is 2. The van der Waals surface area contributed by atoms with E-state index in [0.717, 1.165) is 21.8 Å². The van der Waals surface area contributed by atoms with Crippen molar-refractivity contribution < 1.29 is 4.39 Å². The van der Waals surface area contributed by atoms with Crippen molar-refractivity contribution in [3.05, 3.63) is 88.0 Å². The van der Waals surface area contributed by atoms with Crippen LogP contribution in [0.3, 0.4) is 0 Å². The fourth-order valence-electron chi connectivity index (χ4n) is 2.18. The largest absolute Gasteiger partial charge is 0.237 e. The Morgan fingerprint density at radius 3 is 2.52 bits per heavy atom. The molecule has 114 valence electrons. The molecule has 0 aliphatic rings. The van der Waals surface area contributed by atoms with Gasteiger partial charge < -0.3 is 0 Å². The summed E-state index contributed by atoms with van der Waals surface area (Å²) in [5.41, 5.74) is 4.15. The molecule has 0 saturated heterocycles. The molecule has 0 fully saturated rings. The number of thiazole rings is 1. The smallest absolute Gasteiger partial charge is 0.123 e. The van der Waals surface area contributed by atoms with E-state index in [1.165, 1.54) is 17.7 Å². The third-order valence-electron chi connectivity index (χ3n) is 3.34. The van der Waals surface area contributed by atoms with Crippen molar-refractivity contribution in [2.24, 2.45) is 0 Å². The molecule has 0 atom stereocenters. The molecule has 0 unspecified atom stereocenters. The van der Waals surface area contributed by atoms with E-state index in [2.05, 4.69) is 36.2 Å². The molecule has 2 aromatic carbocycles. The summed E-state index contributed by atoms with van der Waals surface area (Å²) in [5.74, 6) is -0.231. The molecule has 0 spiro atoms. The maximum atomic E-state index is 13.0. The van der Waals surface area contributed by atoms with Gasteiger partial charge in [0.15, 0.2) is 0 Å². The fourth-order valence-corrected chi connectivity index (χ4v) is 2.90. The van der Waals surface area contributed by atoms with E-state index < -0.39 is 0 Å². The van der Waals surface area contributed by atoms with E-state index in [1.54, 1.807) is 23.5 Å². The number of aromatic nitrogens is 1. The molecule has 3 rings (SSSR count). The summed E-state index contributed by atoms with van der Waals surface area (Å²) in [4.78, 5) is 4.57. The predicted molar refractivity (Wildman–Crippen MR) is 96.6 cm³/mol. The standard InChI is InChI=1S/C20H16FNS/c1-15(13-16-5-3-2-4-6-16)7-12-20-22-19(14-23-20)17-8-10-18(21)11-9-17/h2-14H,1H3/b12-7+,15-13-. The van der Waals surface area contributed by atoms with Gasteiger partial charge in [-0.3, -0.25) is 0 Å². The summed E-state index contributed by atoms with van der Waals surface area (Å²) in [5, 5.41) is 2.92. The Morgan fingerprint density at radius 1 is 1.04 bits per heavy atom. The molecular formula is C20H16FNS. The van der Waals surface area contributed by atoms with Crippen molar-refractivity contribution in [1.82, 2.24) is 4.98 Å². The minimum absolute atomic E-state index is 0.231. The van der Waals surface area contributed by atoms with Crippen LogP contribution in [-0.4, -0.2) is 4.98 Å². The van der Waals surface area contributed by atoms with Crippen LogP contribution in [0.5, 0.6) is 0 Å². The second kappa shape index (κ2) is 7.16. The third-order valence-corrected chi connectivity index (χ3v) is 4.15. The first kappa shape index (κ1) is 15.4. The molecule has 0 aliphatic carbocycles. The topological polar surface area (TPSA) is 12.9 Å². The van der Waals surface area contributed by atoms with Gasteiger partial charge in [0.2, 0.25) is 0 Å². The van der Waals surface area contributed by atoms with Gasteiger partial charge in [0, 0.05) is 10.9 Å². The summed E-state index contributed by atoms with van der Waals surface area (Å²) in [6.45, 7) is 2.07. The van der Waals surface area contributed by atoms with Crippen LogP contribution in [0.1, 0.15) is 17.5 Å². The summed E-state index contributed by atoms with van der Waals surface area (Å²) < 4.78 is 13.0. The lowest BCUT2D eigenvalue weighted by Crippen LogP contribution is -1.79. The van der Waals surface area contributed by atoms with Crippen molar-refractivity contribution in [2.45, 2.75) is 6.92 Å². The van der Waals surface area contributed by atoms with Gasteiger partial charge in [-0.05, 0) is 42.8 Å². The highest BCUT2D eigenvalue weighted by Crippen LogP contribution is 2.23. The molecule has 3 heteroatoms. The maximum absolute atomic E-state index is 13.0. The molecule has 0 aliphatic heterocycles. The number of benzene rings is 2. The SMILES string of the molecule is CC(=C/c1ccccc1)/C=C/c1nc(-c2ccc(F)cc2)cs1. The van der Waals surface area contributed by atoms with Crippen molar-refractivity contribution in [3.63, 3.8) is 0 Å². The third kappa shape index (κ3) is 4.24. The summed E-state index contributed by atoms with van der Waals surface area (Å²) in [6.07, 6.45) is 6.19. The van der Waals surface area contributed by atoms with Gasteiger partial charge in [-0.25, -0.2) is 9.37 Å². The Balaban J connectivity index is 1.73. The summed E-state index contributed by atoms with van der Waals surface area (Å²) >= 11 is 1.58. The average molecular weight is 321 g/mol. The zero-order valence-corrected chi connectivity index (χ0v) is 13.6. The lowest BCUT2D eigenvalue weighted by molar-refractivity contribution is 0.628. The monoisotopic (exact) mass is 321 g/mol. The van der Waals surface area contributed by atoms with Crippen LogP contribution < -0.4 is 0 Å². The average Bonchev–Trinajstić information content (AvgIpc) is 3.04. The van der Waals surface area contributed by atoms with Gasteiger partial charge in [0.1, 0.15) is 10.8 Å². The number of rotatable bonds is 4. The van der Waals surface area contributed by atoms with Gasteiger partial charge in [0.05, 0.1) is 5.69 Å². The Labute approximate surface area is 139 Å². The van der Waals surface area contributed by atoms with Crippen molar-refractivity contribution in [3.8, 4) is 11.3 Å². The lowest BCUT2D eigenvalue weighted by Gasteiger charge is -1.95. The van der Waals surface area contributed by atoms with Crippen LogP contribution in [0.4, 0.5) is 4.39 Å². The van der Waals surface area contributed by atoms with Crippen molar-refractivity contribution in [2.75, 3.05) is 0 Å². The van der Waals surface area contributed by atoms with Crippen molar-refractivity contribution >= 4 is 23.5 Å². The fraction of sp³-hybridized carbons (Fsp3) is 0.0500. The van der Waals surface area contributed by atoms with E-state index in [4.69, 9.17) is 0 Å². The van der Waals surface area contributed by atoms with Crippen LogP contribution in [0.15, 0.2) is 71.6 Å². The minimum atomic E-state index is -0.231. The Hall–Kier alpha value is -2.52. The molecule has 0 radical (unpaired) electrons. The minimum Gasteiger partial charge on any atom is -0.237 e. The second-order valence-electron chi connectivity index (χ2n) is 5.21. The molecule has 0 bridgehead atoms. The van der Waals surface area contributed by atoms with Gasteiger partial charge in [-0.15, -0.1) is 11.3 Å². The molecule has 0 N–H and O–H groups in total. The molecule has 1 aromatic heterocycles. The Bertz CT molecular complexity index is 830. The molecule has 0 amide bonds. The van der Waals surface area contributed by atoms with E-state index in [0.29, 0.717) is 0 Å². The van der Waals surface area contributed by atoms with E-state index in [1.807, 2.05) is 29.7 Å². The van der Waals surface area contributed by atoms with Crippen LogP contribution in [0.25, 0.3) is 23.4 Å². The van der Waals surface area contributed by atoms with Crippen molar-refractivity contribution in [1.29, 1.82) is 0 Å². The molecule has 23 heavy (non-hydrogen) atoms. The van der Waals surface area contributed by atoms with Gasteiger partial charge >= 0.3 is 0 Å². The zero-order valence-electron chi connectivity index (χ0n) is 12.7. The number of halogens is 1. The van der Waals surface area contributed by atoms with E-state index in [-0.39, 0.29) is 5.82 Å². The molecule has 1 heterocycles.